The van der Waals surface area contributed by atoms with E-state index in [0.717, 1.165) is 38.5 Å². The van der Waals surface area contributed by atoms with Gasteiger partial charge in [-0.25, -0.2) is 9.59 Å². The first kappa shape index (κ1) is 17.0. The van der Waals surface area contributed by atoms with Crippen LogP contribution < -0.4 is 0 Å². The van der Waals surface area contributed by atoms with Gasteiger partial charge in [-0.15, -0.1) is 6.58 Å². The summed E-state index contributed by atoms with van der Waals surface area (Å²) in [6.07, 6.45) is 8.18. The molecule has 0 spiro atoms. The molecule has 0 atom stereocenters. The van der Waals surface area contributed by atoms with Gasteiger partial charge in [0.05, 0.1) is 17.7 Å². The van der Waals surface area contributed by atoms with E-state index < -0.39 is 11.9 Å². The van der Waals surface area contributed by atoms with Crippen LogP contribution in [-0.2, 0) is 4.74 Å². The van der Waals surface area contributed by atoms with Crippen molar-refractivity contribution in [2.24, 2.45) is 0 Å². The Bertz CT molecular complexity index is 479. The van der Waals surface area contributed by atoms with Crippen LogP contribution in [0.1, 0.15) is 59.2 Å². The normalized spacial score (nSPS) is 10.1. The number of carboxylic acids is 1. The van der Waals surface area contributed by atoms with Crippen LogP contribution in [0, 0.1) is 0 Å². The third kappa shape index (κ3) is 6.25. The molecule has 0 aliphatic heterocycles. The zero-order valence-corrected chi connectivity index (χ0v) is 12.2. The molecular weight excluding hydrogens is 268 g/mol. The summed E-state index contributed by atoms with van der Waals surface area (Å²) in [6, 6.07) is 6.09. The zero-order valence-electron chi connectivity index (χ0n) is 12.2. The number of carbonyl (C=O) groups is 2. The Morgan fingerprint density at radius 1 is 1.05 bits per heavy atom. The molecule has 0 fully saturated rings. The van der Waals surface area contributed by atoms with Gasteiger partial charge in [0.2, 0.25) is 0 Å². The molecular formula is C17H22O4. The molecule has 0 aliphatic carbocycles. The lowest BCUT2D eigenvalue weighted by atomic mass is 10.1. The number of carboxylic acid groups (broad SMARTS) is 1. The fraction of sp³-hybridized carbons (Fsp3) is 0.412. The van der Waals surface area contributed by atoms with Crippen LogP contribution in [0.4, 0.5) is 0 Å². The van der Waals surface area contributed by atoms with E-state index in [1.54, 1.807) is 12.1 Å². The smallest absolute Gasteiger partial charge is 0.339 e. The van der Waals surface area contributed by atoms with Crippen molar-refractivity contribution >= 4 is 11.9 Å². The molecule has 0 unspecified atom stereocenters. The summed E-state index contributed by atoms with van der Waals surface area (Å²) in [5.74, 6) is -1.69. The average Bonchev–Trinajstić information content (AvgIpc) is 2.49. The predicted octanol–water partition coefficient (Wildman–Crippen LogP) is 4.07. The molecule has 21 heavy (non-hydrogen) atoms. The topological polar surface area (TPSA) is 63.6 Å². The molecule has 0 saturated heterocycles. The Labute approximate surface area is 125 Å². The van der Waals surface area contributed by atoms with Crippen LogP contribution in [0.5, 0.6) is 0 Å². The molecule has 1 N–H and O–H groups in total. The Morgan fingerprint density at radius 2 is 1.67 bits per heavy atom. The number of esters is 1. The number of carbonyl (C=O) groups excluding carboxylic acids is 1. The molecule has 1 aromatic rings. The molecule has 0 radical (unpaired) electrons. The number of rotatable bonds is 10. The van der Waals surface area contributed by atoms with E-state index in [1.807, 2.05) is 6.08 Å². The minimum atomic E-state index is -1.12. The number of allylic oxidation sites excluding steroid dienone is 1. The first-order chi connectivity index (χ1) is 10.2. The number of hydrogen-bond donors (Lipinski definition) is 1. The summed E-state index contributed by atoms with van der Waals surface area (Å²) in [7, 11) is 0. The van der Waals surface area contributed by atoms with Crippen LogP contribution in [0.25, 0.3) is 0 Å². The van der Waals surface area contributed by atoms with E-state index in [2.05, 4.69) is 6.58 Å². The summed E-state index contributed by atoms with van der Waals surface area (Å²) < 4.78 is 5.13. The Kier molecular flexibility index (Phi) is 7.87. The molecule has 1 rings (SSSR count). The van der Waals surface area contributed by atoms with Gasteiger partial charge in [0, 0.05) is 0 Å². The van der Waals surface area contributed by atoms with Crippen molar-refractivity contribution in [3.63, 3.8) is 0 Å². The lowest BCUT2D eigenvalue weighted by Gasteiger charge is -2.07. The quantitative estimate of drug-likeness (QED) is 0.401. The van der Waals surface area contributed by atoms with Crippen LogP contribution in [-0.4, -0.2) is 23.7 Å². The summed E-state index contributed by atoms with van der Waals surface area (Å²) in [5.41, 5.74) is 0.0860. The van der Waals surface area contributed by atoms with Gasteiger partial charge in [-0.3, -0.25) is 0 Å². The van der Waals surface area contributed by atoms with E-state index in [1.165, 1.54) is 12.1 Å². The van der Waals surface area contributed by atoms with Crippen LogP contribution >= 0.6 is 0 Å². The molecule has 0 aromatic heterocycles. The van der Waals surface area contributed by atoms with Gasteiger partial charge >= 0.3 is 11.9 Å². The van der Waals surface area contributed by atoms with Crippen molar-refractivity contribution in [1.82, 2.24) is 0 Å². The number of benzene rings is 1. The maximum Gasteiger partial charge on any atom is 0.339 e. The van der Waals surface area contributed by atoms with E-state index in [9.17, 15) is 9.59 Å². The lowest BCUT2D eigenvalue weighted by molar-refractivity contribution is 0.0487. The maximum absolute atomic E-state index is 11.8. The second kappa shape index (κ2) is 9.75. The van der Waals surface area contributed by atoms with Crippen molar-refractivity contribution in [3.05, 3.63) is 48.0 Å². The Hall–Kier alpha value is -2.10. The van der Waals surface area contributed by atoms with E-state index in [4.69, 9.17) is 9.84 Å². The Morgan fingerprint density at radius 3 is 2.33 bits per heavy atom. The number of aromatic carboxylic acids is 1. The minimum absolute atomic E-state index is 0.0214. The molecule has 0 amide bonds. The van der Waals surface area contributed by atoms with E-state index >= 15 is 0 Å². The second-order valence-electron chi connectivity index (χ2n) is 4.83. The van der Waals surface area contributed by atoms with Crippen LogP contribution in [0.2, 0.25) is 0 Å². The standard InChI is InChI=1S/C17H22O4/c1-2-3-4-5-6-7-10-13-21-17(20)15-12-9-8-11-14(15)16(18)19/h2,8-9,11-12H,1,3-7,10,13H2,(H,18,19). The summed E-state index contributed by atoms with van der Waals surface area (Å²) in [6.45, 7) is 4.00. The second-order valence-corrected chi connectivity index (χ2v) is 4.83. The average molecular weight is 290 g/mol. The maximum atomic E-state index is 11.8. The molecule has 1 aromatic carbocycles. The summed E-state index contributed by atoms with van der Waals surface area (Å²) >= 11 is 0. The van der Waals surface area contributed by atoms with Crippen LogP contribution in [0.15, 0.2) is 36.9 Å². The molecule has 114 valence electrons. The van der Waals surface area contributed by atoms with Crippen LogP contribution in [0.3, 0.4) is 0 Å². The highest BCUT2D eigenvalue weighted by Crippen LogP contribution is 2.11. The minimum Gasteiger partial charge on any atom is -0.478 e. The SMILES string of the molecule is C=CCCCCCCCOC(=O)c1ccccc1C(=O)O. The molecule has 0 heterocycles. The molecule has 0 bridgehead atoms. The van der Waals surface area contributed by atoms with Crippen molar-refractivity contribution in [1.29, 1.82) is 0 Å². The third-order valence-electron chi connectivity index (χ3n) is 3.16. The lowest BCUT2D eigenvalue weighted by Crippen LogP contribution is -2.12. The van der Waals surface area contributed by atoms with Gasteiger partial charge in [-0.05, 0) is 31.4 Å². The van der Waals surface area contributed by atoms with Crippen molar-refractivity contribution < 1.29 is 19.4 Å². The molecule has 0 aliphatic rings. The van der Waals surface area contributed by atoms with Gasteiger partial charge in [0.1, 0.15) is 0 Å². The van der Waals surface area contributed by atoms with Crippen molar-refractivity contribution in [2.75, 3.05) is 6.61 Å². The fourth-order valence-corrected chi connectivity index (χ4v) is 2.01. The molecule has 4 nitrogen and oxygen atoms in total. The highest BCUT2D eigenvalue weighted by molar-refractivity contribution is 6.02. The number of ether oxygens (including phenoxy) is 1. The monoisotopic (exact) mass is 290 g/mol. The van der Waals surface area contributed by atoms with E-state index in [0.29, 0.717) is 6.61 Å². The third-order valence-corrected chi connectivity index (χ3v) is 3.16. The van der Waals surface area contributed by atoms with Gasteiger partial charge in [0.25, 0.3) is 0 Å². The summed E-state index contributed by atoms with van der Waals surface area (Å²) in [5, 5.41) is 9.01. The highest BCUT2D eigenvalue weighted by Gasteiger charge is 2.16. The molecule has 4 heteroatoms. The molecule has 0 saturated carbocycles. The number of hydrogen-bond acceptors (Lipinski definition) is 3. The van der Waals surface area contributed by atoms with Crippen molar-refractivity contribution in [3.8, 4) is 0 Å². The fourth-order valence-electron chi connectivity index (χ4n) is 2.01. The largest absolute Gasteiger partial charge is 0.478 e. The summed E-state index contributed by atoms with van der Waals surface area (Å²) in [4.78, 5) is 22.9. The Balaban J connectivity index is 2.28. The predicted molar refractivity (Wildman–Crippen MR) is 81.6 cm³/mol. The highest BCUT2D eigenvalue weighted by atomic mass is 16.5. The zero-order chi connectivity index (χ0) is 15.5. The van der Waals surface area contributed by atoms with Gasteiger partial charge in [-0.1, -0.05) is 37.5 Å². The number of unbranched alkanes of at least 4 members (excludes halogenated alkanes) is 5. The van der Waals surface area contributed by atoms with Gasteiger partial charge < -0.3 is 9.84 Å². The first-order valence-electron chi connectivity index (χ1n) is 7.27. The van der Waals surface area contributed by atoms with Gasteiger partial charge in [-0.2, -0.15) is 0 Å². The van der Waals surface area contributed by atoms with E-state index in [-0.39, 0.29) is 11.1 Å². The van der Waals surface area contributed by atoms with Crippen molar-refractivity contribution in [2.45, 2.75) is 38.5 Å². The first-order valence-corrected chi connectivity index (χ1v) is 7.27. The van der Waals surface area contributed by atoms with Gasteiger partial charge in [0.15, 0.2) is 0 Å².